The number of furan rings is 1. The highest BCUT2D eigenvalue weighted by molar-refractivity contribution is 6.08. The average molecular weight is 220 g/mol. The molecule has 1 aliphatic rings. The van der Waals surface area contributed by atoms with E-state index in [9.17, 15) is 9.59 Å². The maximum atomic E-state index is 11.6. The standard InChI is InChI=1S/C11H12N2O3/c1-7-6-12-8(11(15)13-7)5-9(14)10-3-2-4-16-10/h2-5,7,12H,6H2,1H3,(H,13,15)/b8-5+. The van der Waals surface area contributed by atoms with Gasteiger partial charge in [0.1, 0.15) is 5.70 Å². The van der Waals surface area contributed by atoms with Crippen molar-refractivity contribution < 1.29 is 14.0 Å². The normalized spacial score (nSPS) is 22.7. The molecule has 1 aliphatic heterocycles. The fraction of sp³-hybridized carbons (Fsp3) is 0.273. The number of amides is 1. The highest BCUT2D eigenvalue weighted by atomic mass is 16.3. The van der Waals surface area contributed by atoms with E-state index in [2.05, 4.69) is 10.6 Å². The summed E-state index contributed by atoms with van der Waals surface area (Å²) in [5.74, 6) is -0.364. The van der Waals surface area contributed by atoms with Gasteiger partial charge in [0.2, 0.25) is 5.78 Å². The van der Waals surface area contributed by atoms with Gasteiger partial charge in [-0.2, -0.15) is 0 Å². The number of hydrogen-bond acceptors (Lipinski definition) is 4. The third kappa shape index (κ3) is 2.13. The predicted octanol–water partition coefficient (Wildman–Crippen LogP) is 0.454. The van der Waals surface area contributed by atoms with Crippen molar-refractivity contribution in [2.75, 3.05) is 6.54 Å². The van der Waals surface area contributed by atoms with Crippen LogP contribution >= 0.6 is 0 Å². The van der Waals surface area contributed by atoms with Gasteiger partial charge in [0, 0.05) is 18.7 Å². The minimum absolute atomic E-state index is 0.0726. The summed E-state index contributed by atoms with van der Waals surface area (Å²) in [6.07, 6.45) is 2.67. The summed E-state index contributed by atoms with van der Waals surface area (Å²) in [5.41, 5.74) is 0.277. The highest BCUT2D eigenvalue weighted by Crippen LogP contribution is 2.05. The number of nitrogens with one attached hydrogen (secondary N) is 2. The summed E-state index contributed by atoms with van der Waals surface area (Å²) in [4.78, 5) is 23.1. The monoisotopic (exact) mass is 220 g/mol. The summed E-state index contributed by atoms with van der Waals surface area (Å²) in [5, 5.41) is 5.63. The Bertz CT molecular complexity index is 434. The van der Waals surface area contributed by atoms with E-state index < -0.39 is 0 Å². The molecule has 1 aromatic rings. The van der Waals surface area contributed by atoms with Gasteiger partial charge in [-0.3, -0.25) is 9.59 Å². The zero-order valence-electron chi connectivity index (χ0n) is 8.82. The number of piperazine rings is 1. The molecule has 1 atom stereocenters. The van der Waals surface area contributed by atoms with Crippen LogP contribution in [-0.4, -0.2) is 24.3 Å². The van der Waals surface area contributed by atoms with Gasteiger partial charge in [-0.05, 0) is 19.1 Å². The van der Waals surface area contributed by atoms with Crippen LogP contribution in [0.25, 0.3) is 0 Å². The molecular formula is C11H12N2O3. The molecule has 5 heteroatoms. The van der Waals surface area contributed by atoms with Crippen LogP contribution < -0.4 is 10.6 Å². The van der Waals surface area contributed by atoms with Crippen LogP contribution in [0.5, 0.6) is 0 Å². The van der Waals surface area contributed by atoms with Crippen molar-refractivity contribution in [3.05, 3.63) is 35.9 Å². The maximum absolute atomic E-state index is 11.6. The lowest BCUT2D eigenvalue weighted by Gasteiger charge is -2.23. The summed E-state index contributed by atoms with van der Waals surface area (Å²) >= 11 is 0. The fourth-order valence-corrected chi connectivity index (χ4v) is 1.43. The van der Waals surface area contributed by atoms with Gasteiger partial charge in [0.15, 0.2) is 5.76 Å². The Morgan fingerprint density at radius 1 is 1.62 bits per heavy atom. The first-order chi connectivity index (χ1) is 7.66. The van der Waals surface area contributed by atoms with Gasteiger partial charge in [-0.15, -0.1) is 0 Å². The molecule has 5 nitrogen and oxygen atoms in total. The molecule has 1 fully saturated rings. The van der Waals surface area contributed by atoms with E-state index in [1.165, 1.54) is 12.3 Å². The zero-order chi connectivity index (χ0) is 11.5. The lowest BCUT2D eigenvalue weighted by Crippen LogP contribution is -2.49. The van der Waals surface area contributed by atoms with E-state index in [-0.39, 0.29) is 29.2 Å². The molecule has 16 heavy (non-hydrogen) atoms. The van der Waals surface area contributed by atoms with Crippen LogP contribution in [-0.2, 0) is 4.79 Å². The average Bonchev–Trinajstić information content (AvgIpc) is 2.75. The van der Waals surface area contributed by atoms with Crippen molar-refractivity contribution in [1.82, 2.24) is 10.6 Å². The summed E-state index contributed by atoms with van der Waals surface area (Å²) < 4.78 is 4.94. The SMILES string of the molecule is CC1CN/C(=C/C(=O)c2ccco2)C(=O)N1. The second-order valence-corrected chi connectivity index (χ2v) is 3.65. The Kier molecular flexibility index (Phi) is 2.76. The molecule has 0 aliphatic carbocycles. The van der Waals surface area contributed by atoms with Gasteiger partial charge in [-0.25, -0.2) is 0 Å². The highest BCUT2D eigenvalue weighted by Gasteiger charge is 2.20. The van der Waals surface area contributed by atoms with Crippen LogP contribution in [0.2, 0.25) is 0 Å². The van der Waals surface area contributed by atoms with E-state index in [0.717, 1.165) is 0 Å². The van der Waals surface area contributed by atoms with E-state index in [0.29, 0.717) is 6.54 Å². The smallest absolute Gasteiger partial charge is 0.267 e. The molecule has 0 bridgehead atoms. The van der Waals surface area contributed by atoms with Crippen LogP contribution in [0.4, 0.5) is 0 Å². The Labute approximate surface area is 92.5 Å². The zero-order valence-corrected chi connectivity index (χ0v) is 8.82. The van der Waals surface area contributed by atoms with Crippen LogP contribution in [0.1, 0.15) is 17.5 Å². The number of ketones is 1. The number of allylic oxidation sites excluding steroid dienone is 1. The first-order valence-electron chi connectivity index (χ1n) is 5.01. The Morgan fingerprint density at radius 3 is 3.06 bits per heavy atom. The van der Waals surface area contributed by atoms with E-state index in [4.69, 9.17) is 4.42 Å². The van der Waals surface area contributed by atoms with Gasteiger partial charge in [-0.1, -0.05) is 0 Å². The second kappa shape index (κ2) is 4.22. The third-order valence-electron chi connectivity index (χ3n) is 2.26. The number of carbonyl (C=O) groups excluding carboxylic acids is 2. The van der Waals surface area contributed by atoms with E-state index in [1.54, 1.807) is 12.1 Å². The molecule has 0 saturated carbocycles. The number of hydrogen-bond donors (Lipinski definition) is 2. The van der Waals surface area contributed by atoms with Crippen molar-refractivity contribution >= 4 is 11.7 Å². The van der Waals surface area contributed by atoms with Gasteiger partial charge >= 0.3 is 0 Å². The summed E-state index contributed by atoms with van der Waals surface area (Å²) in [6.45, 7) is 2.50. The molecule has 1 amide bonds. The van der Waals surface area contributed by atoms with Crippen molar-refractivity contribution in [1.29, 1.82) is 0 Å². The molecule has 2 rings (SSSR count). The summed E-state index contributed by atoms with van der Waals surface area (Å²) in [6, 6.07) is 3.26. The van der Waals surface area contributed by atoms with Gasteiger partial charge in [0.05, 0.1) is 6.26 Å². The first kappa shape index (κ1) is 10.5. The Balaban J connectivity index is 2.13. The largest absolute Gasteiger partial charge is 0.461 e. The molecule has 1 aromatic heterocycles. The second-order valence-electron chi connectivity index (χ2n) is 3.65. The molecule has 1 saturated heterocycles. The minimum Gasteiger partial charge on any atom is -0.461 e. The topological polar surface area (TPSA) is 71.3 Å². The molecule has 2 heterocycles. The molecular weight excluding hydrogens is 208 g/mol. The molecule has 2 N–H and O–H groups in total. The fourth-order valence-electron chi connectivity index (χ4n) is 1.43. The quantitative estimate of drug-likeness (QED) is 0.561. The summed E-state index contributed by atoms with van der Waals surface area (Å²) in [7, 11) is 0. The number of rotatable bonds is 2. The van der Waals surface area contributed by atoms with E-state index >= 15 is 0 Å². The molecule has 84 valence electrons. The van der Waals surface area contributed by atoms with Crippen LogP contribution in [0.15, 0.2) is 34.6 Å². The Morgan fingerprint density at radius 2 is 2.44 bits per heavy atom. The maximum Gasteiger partial charge on any atom is 0.267 e. The predicted molar refractivity (Wildman–Crippen MR) is 56.7 cm³/mol. The van der Waals surface area contributed by atoms with Crippen molar-refractivity contribution in [2.45, 2.75) is 13.0 Å². The van der Waals surface area contributed by atoms with Crippen LogP contribution in [0, 0.1) is 0 Å². The minimum atomic E-state index is -0.322. The van der Waals surface area contributed by atoms with Crippen molar-refractivity contribution in [3.63, 3.8) is 0 Å². The van der Waals surface area contributed by atoms with E-state index in [1.807, 2.05) is 6.92 Å². The van der Waals surface area contributed by atoms with Gasteiger partial charge in [0.25, 0.3) is 5.91 Å². The molecule has 1 unspecified atom stereocenters. The van der Waals surface area contributed by atoms with Crippen molar-refractivity contribution in [2.24, 2.45) is 0 Å². The third-order valence-corrected chi connectivity index (χ3v) is 2.26. The van der Waals surface area contributed by atoms with Crippen LogP contribution in [0.3, 0.4) is 0 Å². The molecule has 0 aromatic carbocycles. The molecule has 0 radical (unpaired) electrons. The number of carbonyl (C=O) groups is 2. The van der Waals surface area contributed by atoms with Crippen molar-refractivity contribution in [3.8, 4) is 0 Å². The van der Waals surface area contributed by atoms with Gasteiger partial charge < -0.3 is 15.1 Å². The lowest BCUT2D eigenvalue weighted by atomic mass is 10.2. The Hall–Kier alpha value is -2.04. The first-order valence-corrected chi connectivity index (χ1v) is 5.01. The molecule has 0 spiro atoms. The lowest BCUT2D eigenvalue weighted by molar-refractivity contribution is -0.119.